The molecule has 1 amide bonds. The molecule has 1 aliphatic heterocycles. The van der Waals surface area contributed by atoms with Crippen LogP contribution in [0.2, 0.25) is 0 Å². The Morgan fingerprint density at radius 3 is 2.76 bits per heavy atom. The molecule has 0 N–H and O–H groups in total. The van der Waals surface area contributed by atoms with Crippen molar-refractivity contribution >= 4 is 12.0 Å². The third-order valence-corrected chi connectivity index (χ3v) is 4.77. The molecule has 3 nitrogen and oxygen atoms in total. The smallest absolute Gasteiger partial charge is 0.227 e. The molecule has 3 heteroatoms. The second-order valence-corrected chi connectivity index (χ2v) is 6.60. The number of likely N-dealkylation sites (tertiary alicyclic amines) is 1. The molecule has 0 saturated carbocycles. The lowest BCUT2D eigenvalue weighted by Gasteiger charge is -2.22. The van der Waals surface area contributed by atoms with Crippen LogP contribution in [0.3, 0.4) is 0 Å². The van der Waals surface area contributed by atoms with Gasteiger partial charge < -0.3 is 9.64 Å². The van der Waals surface area contributed by atoms with Gasteiger partial charge in [-0.15, -0.1) is 0 Å². The van der Waals surface area contributed by atoms with Crippen molar-refractivity contribution in [3.8, 4) is 5.75 Å². The van der Waals surface area contributed by atoms with Crippen LogP contribution in [0.1, 0.15) is 36.5 Å². The minimum atomic E-state index is 0.177. The van der Waals surface area contributed by atoms with Crippen LogP contribution in [0.15, 0.2) is 55.1 Å². The average molecular weight is 335 g/mol. The molecule has 130 valence electrons. The summed E-state index contributed by atoms with van der Waals surface area (Å²) < 4.78 is 6.01. The van der Waals surface area contributed by atoms with Crippen LogP contribution in [-0.4, -0.2) is 23.4 Å². The second-order valence-electron chi connectivity index (χ2n) is 6.60. The van der Waals surface area contributed by atoms with Crippen LogP contribution in [0.5, 0.6) is 5.75 Å². The molecule has 25 heavy (non-hydrogen) atoms. The number of ether oxygens (including phenoxy) is 1. The van der Waals surface area contributed by atoms with E-state index in [9.17, 15) is 4.79 Å². The zero-order valence-electron chi connectivity index (χ0n) is 14.8. The molecule has 0 aromatic heterocycles. The quantitative estimate of drug-likeness (QED) is 0.780. The molecule has 0 aliphatic carbocycles. The van der Waals surface area contributed by atoms with Gasteiger partial charge in [0.25, 0.3) is 0 Å². The van der Waals surface area contributed by atoms with Gasteiger partial charge in [-0.2, -0.15) is 0 Å². The highest BCUT2D eigenvalue weighted by molar-refractivity contribution is 5.80. The van der Waals surface area contributed by atoms with Crippen molar-refractivity contribution in [1.29, 1.82) is 0 Å². The maximum atomic E-state index is 12.7. The van der Waals surface area contributed by atoms with Crippen molar-refractivity contribution in [3.63, 3.8) is 0 Å². The standard InChI is InChI=1S/C22H25NO2/c1-3-18-11-12-21(25-16-19-9-5-4-6-10-19)20(14-18)15-22(24)23-13-7-8-17(23)2/h3-6,9-12,14,17H,1,7-8,13,15-16H2,2H3/t17-/m1/s1. The first-order chi connectivity index (χ1) is 12.2. The molecule has 0 spiro atoms. The van der Waals surface area contributed by atoms with Gasteiger partial charge in [-0.25, -0.2) is 0 Å². The molecule has 1 saturated heterocycles. The maximum absolute atomic E-state index is 12.7. The molecule has 1 fully saturated rings. The lowest BCUT2D eigenvalue weighted by molar-refractivity contribution is -0.131. The third-order valence-electron chi connectivity index (χ3n) is 4.77. The second kappa shape index (κ2) is 8.02. The highest BCUT2D eigenvalue weighted by atomic mass is 16.5. The molecule has 1 atom stereocenters. The lowest BCUT2D eigenvalue weighted by Crippen LogP contribution is -2.34. The van der Waals surface area contributed by atoms with Gasteiger partial charge in [0.05, 0.1) is 6.42 Å². The summed E-state index contributed by atoms with van der Waals surface area (Å²) in [5.74, 6) is 0.949. The molecule has 2 aromatic rings. The summed E-state index contributed by atoms with van der Waals surface area (Å²) in [6.07, 6.45) is 4.36. The first-order valence-corrected chi connectivity index (χ1v) is 8.89. The average Bonchev–Trinajstić information content (AvgIpc) is 3.07. The Labute approximate surface area is 149 Å². The van der Waals surface area contributed by atoms with Gasteiger partial charge in [-0.05, 0) is 43.0 Å². The summed E-state index contributed by atoms with van der Waals surface area (Å²) in [6.45, 7) is 7.31. The molecule has 0 bridgehead atoms. The molecule has 1 heterocycles. The normalized spacial score (nSPS) is 16.7. The Morgan fingerprint density at radius 1 is 1.28 bits per heavy atom. The van der Waals surface area contributed by atoms with Crippen molar-refractivity contribution in [2.45, 2.75) is 38.8 Å². The molecular weight excluding hydrogens is 310 g/mol. The summed E-state index contributed by atoms with van der Waals surface area (Å²) in [6, 6.07) is 16.3. The van der Waals surface area contributed by atoms with Crippen molar-refractivity contribution in [1.82, 2.24) is 4.90 Å². The summed E-state index contributed by atoms with van der Waals surface area (Å²) in [7, 11) is 0. The van der Waals surface area contributed by atoms with Crippen molar-refractivity contribution in [3.05, 3.63) is 71.8 Å². The van der Waals surface area contributed by atoms with Gasteiger partial charge >= 0.3 is 0 Å². The van der Waals surface area contributed by atoms with Crippen LogP contribution in [-0.2, 0) is 17.8 Å². The van der Waals surface area contributed by atoms with E-state index in [-0.39, 0.29) is 5.91 Å². The van der Waals surface area contributed by atoms with Gasteiger partial charge in [0, 0.05) is 18.2 Å². The third kappa shape index (κ3) is 4.30. The van der Waals surface area contributed by atoms with Gasteiger partial charge in [0.1, 0.15) is 12.4 Å². The van der Waals surface area contributed by atoms with Crippen LogP contribution in [0.4, 0.5) is 0 Å². The largest absolute Gasteiger partial charge is 0.489 e. The zero-order chi connectivity index (χ0) is 17.6. The first kappa shape index (κ1) is 17.3. The minimum absolute atomic E-state index is 0.177. The Morgan fingerprint density at radius 2 is 2.08 bits per heavy atom. The first-order valence-electron chi connectivity index (χ1n) is 8.89. The lowest BCUT2D eigenvalue weighted by atomic mass is 10.1. The summed E-state index contributed by atoms with van der Waals surface area (Å²) in [5, 5.41) is 0. The Bertz CT molecular complexity index is 739. The van der Waals surface area contributed by atoms with E-state index in [0.29, 0.717) is 19.1 Å². The fourth-order valence-corrected chi connectivity index (χ4v) is 3.31. The van der Waals surface area contributed by atoms with Crippen LogP contribution < -0.4 is 4.74 Å². The number of amides is 1. The number of carbonyl (C=O) groups is 1. The fraction of sp³-hybridized carbons (Fsp3) is 0.318. The molecule has 1 aliphatic rings. The highest BCUT2D eigenvalue weighted by Crippen LogP contribution is 2.25. The zero-order valence-corrected chi connectivity index (χ0v) is 14.8. The summed E-state index contributed by atoms with van der Waals surface area (Å²) in [4.78, 5) is 14.7. The summed E-state index contributed by atoms with van der Waals surface area (Å²) in [5.41, 5.74) is 3.04. The van der Waals surface area contributed by atoms with Gasteiger partial charge in [-0.3, -0.25) is 4.79 Å². The van der Waals surface area contributed by atoms with Crippen molar-refractivity contribution in [2.75, 3.05) is 6.54 Å². The Kier molecular flexibility index (Phi) is 5.54. The van der Waals surface area contributed by atoms with Crippen molar-refractivity contribution in [2.24, 2.45) is 0 Å². The summed E-state index contributed by atoms with van der Waals surface area (Å²) >= 11 is 0. The SMILES string of the molecule is C=Cc1ccc(OCc2ccccc2)c(CC(=O)N2CCC[C@H]2C)c1. The predicted octanol–water partition coefficient (Wildman–Crippen LogP) is 4.46. The number of benzene rings is 2. The Balaban J connectivity index is 1.76. The van der Waals surface area contributed by atoms with E-state index in [4.69, 9.17) is 4.74 Å². The minimum Gasteiger partial charge on any atom is -0.489 e. The van der Waals surface area contributed by atoms with E-state index < -0.39 is 0 Å². The number of nitrogens with zero attached hydrogens (tertiary/aromatic N) is 1. The van der Waals surface area contributed by atoms with E-state index >= 15 is 0 Å². The van der Waals surface area contributed by atoms with Gasteiger partial charge in [0.2, 0.25) is 5.91 Å². The molecule has 0 unspecified atom stereocenters. The van der Waals surface area contributed by atoms with Crippen molar-refractivity contribution < 1.29 is 9.53 Å². The van der Waals surface area contributed by atoms with E-state index in [1.165, 1.54) is 0 Å². The predicted molar refractivity (Wildman–Crippen MR) is 101 cm³/mol. The molecule has 2 aromatic carbocycles. The van der Waals surface area contributed by atoms with E-state index in [0.717, 1.165) is 41.8 Å². The molecule has 3 rings (SSSR count). The van der Waals surface area contributed by atoms with Gasteiger partial charge in [-0.1, -0.05) is 49.1 Å². The van der Waals surface area contributed by atoms with Gasteiger partial charge in [0.15, 0.2) is 0 Å². The van der Waals surface area contributed by atoms with E-state index in [1.54, 1.807) is 6.08 Å². The van der Waals surface area contributed by atoms with Crippen LogP contribution in [0, 0.1) is 0 Å². The monoisotopic (exact) mass is 335 g/mol. The number of carbonyl (C=O) groups excluding carboxylic acids is 1. The fourth-order valence-electron chi connectivity index (χ4n) is 3.31. The molecular formula is C22H25NO2. The van der Waals surface area contributed by atoms with E-state index in [1.807, 2.05) is 53.4 Å². The maximum Gasteiger partial charge on any atom is 0.227 e. The van der Waals surface area contributed by atoms with E-state index in [2.05, 4.69) is 13.5 Å². The topological polar surface area (TPSA) is 29.5 Å². The molecule has 0 radical (unpaired) electrons. The Hall–Kier alpha value is -2.55. The highest BCUT2D eigenvalue weighted by Gasteiger charge is 2.25. The number of rotatable bonds is 6. The van der Waals surface area contributed by atoms with Crippen LogP contribution >= 0.6 is 0 Å². The number of hydrogen-bond donors (Lipinski definition) is 0. The van der Waals surface area contributed by atoms with Crippen LogP contribution in [0.25, 0.3) is 6.08 Å². The number of hydrogen-bond acceptors (Lipinski definition) is 2.